The standard InChI is InChI=1S/C30H26N2O2P2/c1-23-24(2)30(36(34,27-19-11-5-12-20-27)28-21-13-6-14-22-28)32-31-29(23)35(33,25-15-7-3-8-16-25)26-17-9-4-10-18-26/h3-22H,1-2H3. The number of hydrogen-bond acceptors (Lipinski definition) is 4. The van der Waals surface area contributed by atoms with Crippen LogP contribution >= 0.6 is 14.3 Å². The summed E-state index contributed by atoms with van der Waals surface area (Å²) in [4.78, 5) is 0. The van der Waals surface area contributed by atoms with Gasteiger partial charge in [-0.3, -0.25) is 0 Å². The molecule has 0 saturated carbocycles. The maximum atomic E-state index is 14.9. The van der Waals surface area contributed by atoms with Crippen molar-refractivity contribution in [3.8, 4) is 0 Å². The maximum absolute atomic E-state index is 14.9. The lowest BCUT2D eigenvalue weighted by atomic mass is 10.2. The Morgan fingerprint density at radius 3 is 0.861 bits per heavy atom. The fourth-order valence-electron chi connectivity index (χ4n) is 4.52. The van der Waals surface area contributed by atoms with Crippen LogP contribution in [-0.4, -0.2) is 10.2 Å². The SMILES string of the molecule is Cc1c(P(=O)(c2ccccc2)c2ccccc2)nnc(P(=O)(c2ccccc2)c2ccccc2)c1C. The molecule has 5 rings (SSSR count). The third kappa shape index (κ3) is 3.97. The molecule has 0 bridgehead atoms. The van der Waals surface area contributed by atoms with Gasteiger partial charge in [-0.1, -0.05) is 121 Å². The minimum Gasteiger partial charge on any atom is -0.307 e. The van der Waals surface area contributed by atoms with E-state index >= 15 is 0 Å². The molecule has 0 radical (unpaired) electrons. The molecule has 0 spiro atoms. The van der Waals surface area contributed by atoms with E-state index in [-0.39, 0.29) is 0 Å². The Morgan fingerprint density at radius 1 is 0.417 bits per heavy atom. The first-order valence-electron chi connectivity index (χ1n) is 11.7. The van der Waals surface area contributed by atoms with Crippen LogP contribution in [0, 0.1) is 13.8 Å². The lowest BCUT2D eigenvalue weighted by Gasteiger charge is -2.24. The van der Waals surface area contributed by atoms with Gasteiger partial charge in [-0.2, -0.15) is 0 Å². The van der Waals surface area contributed by atoms with E-state index in [0.717, 1.165) is 11.1 Å². The van der Waals surface area contributed by atoms with Crippen molar-refractivity contribution >= 4 is 46.4 Å². The van der Waals surface area contributed by atoms with Crippen molar-refractivity contribution in [1.29, 1.82) is 0 Å². The minimum atomic E-state index is -3.32. The molecule has 6 heteroatoms. The van der Waals surface area contributed by atoms with Crippen LogP contribution in [0.4, 0.5) is 0 Å². The van der Waals surface area contributed by atoms with Crippen LogP contribution in [0.15, 0.2) is 121 Å². The molecule has 5 aromatic rings. The minimum absolute atomic E-state index is 0.425. The van der Waals surface area contributed by atoms with Crippen molar-refractivity contribution in [3.05, 3.63) is 132 Å². The van der Waals surface area contributed by atoms with Gasteiger partial charge >= 0.3 is 0 Å². The zero-order valence-corrected chi connectivity index (χ0v) is 21.9. The van der Waals surface area contributed by atoms with Gasteiger partial charge in [0.2, 0.25) is 0 Å². The van der Waals surface area contributed by atoms with Crippen LogP contribution < -0.4 is 32.1 Å². The summed E-state index contributed by atoms with van der Waals surface area (Å²) in [6.45, 7) is 3.81. The largest absolute Gasteiger partial charge is 0.307 e. The summed E-state index contributed by atoms with van der Waals surface area (Å²) in [7, 11) is -6.64. The summed E-state index contributed by atoms with van der Waals surface area (Å²) in [5.74, 6) is 0. The van der Waals surface area contributed by atoms with E-state index in [1.807, 2.05) is 135 Å². The fourth-order valence-corrected chi connectivity index (χ4v) is 10.1. The molecule has 4 nitrogen and oxygen atoms in total. The second-order valence-corrected chi connectivity index (χ2v) is 14.0. The van der Waals surface area contributed by atoms with Crippen molar-refractivity contribution < 1.29 is 9.13 Å². The quantitative estimate of drug-likeness (QED) is 0.320. The van der Waals surface area contributed by atoms with Crippen molar-refractivity contribution in [3.63, 3.8) is 0 Å². The molecule has 0 amide bonds. The molecule has 1 heterocycles. The number of aromatic nitrogens is 2. The van der Waals surface area contributed by atoms with Gasteiger partial charge in [-0.15, -0.1) is 10.2 Å². The van der Waals surface area contributed by atoms with E-state index < -0.39 is 14.3 Å². The topological polar surface area (TPSA) is 59.9 Å². The number of hydrogen-bond donors (Lipinski definition) is 0. The first kappa shape index (κ1) is 24.1. The highest BCUT2D eigenvalue weighted by molar-refractivity contribution is 7.86. The first-order chi connectivity index (χ1) is 17.5. The summed E-state index contributed by atoms with van der Waals surface area (Å²) < 4.78 is 29.8. The highest BCUT2D eigenvalue weighted by atomic mass is 31.2. The Balaban J connectivity index is 1.78. The smallest absolute Gasteiger partial charge is 0.190 e. The summed E-state index contributed by atoms with van der Waals surface area (Å²) in [5.41, 5.74) is 2.33. The van der Waals surface area contributed by atoms with E-state index in [4.69, 9.17) is 0 Å². The van der Waals surface area contributed by atoms with Crippen LogP contribution in [0.5, 0.6) is 0 Å². The summed E-state index contributed by atoms with van der Waals surface area (Å²) in [6.07, 6.45) is 0. The van der Waals surface area contributed by atoms with E-state index in [0.29, 0.717) is 32.1 Å². The second kappa shape index (κ2) is 9.82. The summed E-state index contributed by atoms with van der Waals surface area (Å²) in [6, 6.07) is 37.7. The normalized spacial score (nSPS) is 11.8. The van der Waals surface area contributed by atoms with Gasteiger partial charge in [0.05, 0.1) is 0 Å². The molecule has 0 aliphatic carbocycles. The molecular weight excluding hydrogens is 482 g/mol. The van der Waals surface area contributed by atoms with E-state index in [1.54, 1.807) is 0 Å². The zero-order chi connectivity index (χ0) is 25.2. The van der Waals surface area contributed by atoms with Gasteiger partial charge < -0.3 is 9.13 Å². The molecule has 4 aromatic carbocycles. The first-order valence-corrected chi connectivity index (χ1v) is 15.2. The Kier molecular flexibility index (Phi) is 6.58. The van der Waals surface area contributed by atoms with Gasteiger partial charge in [-0.25, -0.2) is 0 Å². The lowest BCUT2D eigenvalue weighted by Crippen LogP contribution is -2.36. The van der Waals surface area contributed by atoms with Crippen LogP contribution in [0.2, 0.25) is 0 Å². The molecule has 0 unspecified atom stereocenters. The Bertz CT molecular complexity index is 1380. The van der Waals surface area contributed by atoms with Gasteiger partial charge in [-0.05, 0) is 25.0 Å². The fraction of sp³-hybridized carbons (Fsp3) is 0.0667. The predicted molar refractivity (Wildman–Crippen MR) is 150 cm³/mol. The van der Waals surface area contributed by atoms with Gasteiger partial charge in [0.25, 0.3) is 0 Å². The van der Waals surface area contributed by atoms with E-state index in [1.165, 1.54) is 0 Å². The summed E-state index contributed by atoms with van der Waals surface area (Å²) >= 11 is 0. The molecule has 0 N–H and O–H groups in total. The molecule has 0 atom stereocenters. The average Bonchev–Trinajstić information content (AvgIpc) is 2.95. The van der Waals surface area contributed by atoms with Crippen molar-refractivity contribution in [1.82, 2.24) is 10.2 Å². The highest BCUT2D eigenvalue weighted by Crippen LogP contribution is 2.45. The van der Waals surface area contributed by atoms with Crippen molar-refractivity contribution in [2.75, 3.05) is 0 Å². The van der Waals surface area contributed by atoms with Crippen LogP contribution in [-0.2, 0) is 9.13 Å². The average molecular weight is 508 g/mol. The Labute approximate surface area is 211 Å². The molecule has 36 heavy (non-hydrogen) atoms. The molecular formula is C30H26N2O2P2. The second-order valence-electron chi connectivity index (χ2n) is 8.66. The monoisotopic (exact) mass is 508 g/mol. The molecule has 1 aromatic heterocycles. The maximum Gasteiger partial charge on any atom is 0.190 e. The van der Waals surface area contributed by atoms with Gasteiger partial charge in [0.15, 0.2) is 14.3 Å². The summed E-state index contributed by atoms with van der Waals surface area (Å²) in [5, 5.41) is 12.0. The highest BCUT2D eigenvalue weighted by Gasteiger charge is 2.38. The molecule has 0 saturated heterocycles. The van der Waals surface area contributed by atoms with E-state index in [2.05, 4.69) is 10.2 Å². The number of benzene rings is 4. The van der Waals surface area contributed by atoms with Crippen LogP contribution in [0.3, 0.4) is 0 Å². The number of nitrogens with zero attached hydrogens (tertiary/aromatic N) is 2. The predicted octanol–water partition coefficient (Wildman–Crippen LogP) is 4.37. The molecule has 0 aliphatic rings. The van der Waals surface area contributed by atoms with E-state index in [9.17, 15) is 9.13 Å². The van der Waals surface area contributed by atoms with Crippen molar-refractivity contribution in [2.24, 2.45) is 0 Å². The van der Waals surface area contributed by atoms with Crippen LogP contribution in [0.25, 0.3) is 0 Å². The van der Waals surface area contributed by atoms with Gasteiger partial charge in [0, 0.05) is 21.2 Å². The molecule has 178 valence electrons. The third-order valence-corrected chi connectivity index (χ3v) is 12.7. The Hall–Kier alpha value is -3.58. The third-order valence-electron chi connectivity index (χ3n) is 6.55. The van der Waals surface area contributed by atoms with Gasteiger partial charge in [0.1, 0.15) is 10.9 Å². The van der Waals surface area contributed by atoms with Crippen molar-refractivity contribution in [2.45, 2.75) is 13.8 Å². The molecule has 0 aliphatic heterocycles. The van der Waals surface area contributed by atoms with Crippen LogP contribution in [0.1, 0.15) is 11.1 Å². The molecule has 0 fully saturated rings. The Morgan fingerprint density at radius 2 is 0.639 bits per heavy atom. The zero-order valence-electron chi connectivity index (χ0n) is 20.2. The number of rotatable bonds is 6. The lowest BCUT2D eigenvalue weighted by molar-refractivity contribution is 0.589.